The number of hydrogen-bond donors (Lipinski definition) is 1. The lowest BCUT2D eigenvalue weighted by Gasteiger charge is -2.39. The third kappa shape index (κ3) is 5.40. The normalized spacial score (nSPS) is 32.6. The van der Waals surface area contributed by atoms with E-state index in [0.717, 1.165) is 19.5 Å². The molecular formula is C29H45N3O7. The molecule has 4 saturated heterocycles. The van der Waals surface area contributed by atoms with Crippen LogP contribution in [0.3, 0.4) is 0 Å². The fraction of sp³-hybridized carbons (Fsp3) is 0.759. The molecule has 2 bridgehead atoms. The number of ether oxygens (including phenoxy) is 3. The van der Waals surface area contributed by atoms with Gasteiger partial charge in [0.2, 0.25) is 11.8 Å². The van der Waals surface area contributed by atoms with Gasteiger partial charge in [0.15, 0.2) is 0 Å². The fourth-order valence-electron chi connectivity index (χ4n) is 7.01. The van der Waals surface area contributed by atoms with Crippen LogP contribution < -0.4 is 0 Å². The molecule has 4 rings (SSSR count). The Morgan fingerprint density at radius 2 is 2.00 bits per heavy atom. The van der Waals surface area contributed by atoms with E-state index in [4.69, 9.17) is 14.2 Å². The predicted octanol–water partition coefficient (Wildman–Crippen LogP) is 1.38. The van der Waals surface area contributed by atoms with E-state index < -0.39 is 41.1 Å². The Morgan fingerprint density at radius 1 is 1.26 bits per heavy atom. The Kier molecular flexibility index (Phi) is 9.52. The summed E-state index contributed by atoms with van der Waals surface area (Å²) >= 11 is 0. The van der Waals surface area contributed by atoms with Gasteiger partial charge in [-0.2, -0.15) is 0 Å². The Hall–Kier alpha value is -2.27. The summed E-state index contributed by atoms with van der Waals surface area (Å²) in [4.78, 5) is 47.5. The molecule has 0 aliphatic carbocycles. The molecular weight excluding hydrogens is 502 g/mol. The van der Waals surface area contributed by atoms with Crippen molar-refractivity contribution >= 4 is 17.8 Å². The van der Waals surface area contributed by atoms with Gasteiger partial charge in [0, 0.05) is 32.7 Å². The Morgan fingerprint density at radius 3 is 2.64 bits per heavy atom. The van der Waals surface area contributed by atoms with E-state index in [-0.39, 0.29) is 25.0 Å². The summed E-state index contributed by atoms with van der Waals surface area (Å²) in [7, 11) is 0. The smallest absolute Gasteiger partial charge is 0.312 e. The maximum atomic E-state index is 14.4. The second-order valence-electron chi connectivity index (χ2n) is 11.3. The lowest BCUT2D eigenvalue weighted by Crippen LogP contribution is -2.59. The van der Waals surface area contributed by atoms with Crippen LogP contribution in [-0.2, 0) is 28.6 Å². The minimum absolute atomic E-state index is 0.227. The highest BCUT2D eigenvalue weighted by Crippen LogP contribution is 2.63. The first-order chi connectivity index (χ1) is 18.8. The van der Waals surface area contributed by atoms with E-state index in [2.05, 4.69) is 18.1 Å². The number of nitrogens with zero attached hydrogens (tertiary/aromatic N) is 3. The highest BCUT2D eigenvalue weighted by Gasteiger charge is 2.79. The topological polar surface area (TPSA) is 109 Å². The van der Waals surface area contributed by atoms with Crippen LogP contribution in [0.2, 0.25) is 0 Å². The highest BCUT2D eigenvalue weighted by molar-refractivity contribution is 5.98. The van der Waals surface area contributed by atoms with Crippen LogP contribution in [0.4, 0.5) is 0 Å². The van der Waals surface area contributed by atoms with Crippen LogP contribution in [0, 0.1) is 11.8 Å². The molecule has 39 heavy (non-hydrogen) atoms. The molecule has 10 nitrogen and oxygen atoms in total. The number of esters is 1. The summed E-state index contributed by atoms with van der Waals surface area (Å²) in [6.07, 6.45) is 6.34. The summed E-state index contributed by atoms with van der Waals surface area (Å²) in [5.74, 6) is -2.63. The van der Waals surface area contributed by atoms with Gasteiger partial charge in [0.1, 0.15) is 17.6 Å². The summed E-state index contributed by atoms with van der Waals surface area (Å²) in [6, 6.07) is -1.49. The van der Waals surface area contributed by atoms with Gasteiger partial charge in [-0.3, -0.25) is 19.3 Å². The molecule has 2 unspecified atom stereocenters. The fourth-order valence-corrected chi connectivity index (χ4v) is 7.01. The largest absolute Gasteiger partial charge is 0.465 e. The number of morpholine rings is 1. The molecule has 4 aliphatic rings. The van der Waals surface area contributed by atoms with Gasteiger partial charge in [-0.15, -0.1) is 13.2 Å². The molecule has 1 spiro atoms. The molecule has 10 heteroatoms. The second kappa shape index (κ2) is 12.5. The molecule has 6 atom stereocenters. The number of carbonyl (C=O) groups excluding carboxylic acids is 3. The average Bonchev–Trinajstić information content (AvgIpc) is 3.51. The van der Waals surface area contributed by atoms with Crippen LogP contribution in [0.5, 0.6) is 0 Å². The maximum absolute atomic E-state index is 14.4. The number of aliphatic hydroxyl groups is 1. The number of unbranched alkanes of at least 4 members (excludes halogenated alkanes) is 1. The van der Waals surface area contributed by atoms with Gasteiger partial charge in [-0.1, -0.05) is 19.1 Å². The zero-order valence-electron chi connectivity index (χ0n) is 23.5. The third-order valence-electron chi connectivity index (χ3n) is 9.03. The number of rotatable bonds is 14. The van der Waals surface area contributed by atoms with E-state index >= 15 is 0 Å². The minimum Gasteiger partial charge on any atom is -0.465 e. The zero-order valence-corrected chi connectivity index (χ0v) is 23.5. The summed E-state index contributed by atoms with van der Waals surface area (Å²) in [5.41, 5.74) is -2.03. The van der Waals surface area contributed by atoms with Crippen LogP contribution in [0.25, 0.3) is 0 Å². The summed E-state index contributed by atoms with van der Waals surface area (Å²) in [6.45, 7) is 15.7. The molecule has 0 aromatic carbocycles. The predicted molar refractivity (Wildman–Crippen MR) is 145 cm³/mol. The monoisotopic (exact) mass is 547 g/mol. The number of aliphatic hydroxyl groups excluding tert-OH is 1. The average molecular weight is 548 g/mol. The molecule has 4 heterocycles. The van der Waals surface area contributed by atoms with Crippen LogP contribution in [0.1, 0.15) is 46.0 Å². The van der Waals surface area contributed by atoms with Crippen molar-refractivity contribution in [1.82, 2.24) is 14.7 Å². The SMILES string of the molecule is C=CCCCOC(=O)[C@H]1[C@H]2C(=O)N([C@@H](CC)CO)C(C(=O)N(CC=C)CCN3CCOCC3)C23CC[C@]1(C)O3. The number of carbonyl (C=O) groups is 3. The lowest BCUT2D eigenvalue weighted by atomic mass is 9.66. The molecule has 4 fully saturated rings. The quantitative estimate of drug-likeness (QED) is 0.197. The Balaban J connectivity index is 1.64. The van der Waals surface area contributed by atoms with Crippen LogP contribution in [-0.4, -0.2) is 120 Å². The molecule has 0 aromatic rings. The first-order valence-corrected chi connectivity index (χ1v) is 14.4. The van der Waals surface area contributed by atoms with Gasteiger partial charge in [-0.05, 0) is 39.0 Å². The molecule has 4 aliphatic heterocycles. The van der Waals surface area contributed by atoms with Gasteiger partial charge in [-0.25, -0.2) is 0 Å². The minimum atomic E-state index is -1.14. The van der Waals surface area contributed by atoms with Crippen molar-refractivity contribution in [3.05, 3.63) is 25.3 Å². The van der Waals surface area contributed by atoms with Crippen LogP contribution in [0.15, 0.2) is 25.3 Å². The molecule has 1 N–H and O–H groups in total. The van der Waals surface area contributed by atoms with Crippen molar-refractivity contribution in [2.24, 2.45) is 11.8 Å². The third-order valence-corrected chi connectivity index (χ3v) is 9.03. The van der Waals surface area contributed by atoms with Crippen molar-refractivity contribution in [3.63, 3.8) is 0 Å². The Bertz CT molecular complexity index is 934. The zero-order chi connectivity index (χ0) is 28.2. The van der Waals surface area contributed by atoms with Gasteiger partial charge < -0.3 is 29.1 Å². The number of fused-ring (bicyclic) bond motifs is 1. The molecule has 0 aromatic heterocycles. The highest BCUT2D eigenvalue weighted by atomic mass is 16.6. The number of amides is 2. The second-order valence-corrected chi connectivity index (χ2v) is 11.3. The van der Waals surface area contributed by atoms with Crippen molar-refractivity contribution in [1.29, 1.82) is 0 Å². The van der Waals surface area contributed by atoms with Crippen molar-refractivity contribution in [2.75, 3.05) is 59.2 Å². The molecule has 0 saturated carbocycles. The van der Waals surface area contributed by atoms with E-state index in [0.29, 0.717) is 58.5 Å². The molecule has 0 radical (unpaired) electrons. The standard InChI is InChI=1S/C29H45N3O7/c1-5-8-9-17-38-27(36)23-22-25(34)32(21(7-3)20-33)24(29(22)11-10-28(23,4)39-29)26(35)31(12-6-2)14-13-30-15-18-37-19-16-30/h5-6,21-24,33H,1-2,7-20H2,3-4H3/t21-,22-,23+,24?,28-,29?/m0/s1. The van der Waals surface area contributed by atoms with Crippen molar-refractivity contribution < 1.29 is 33.7 Å². The van der Waals surface area contributed by atoms with Crippen LogP contribution >= 0.6 is 0 Å². The lowest BCUT2D eigenvalue weighted by molar-refractivity contribution is -0.162. The maximum Gasteiger partial charge on any atom is 0.312 e. The van der Waals surface area contributed by atoms with E-state index in [1.54, 1.807) is 17.1 Å². The van der Waals surface area contributed by atoms with Crippen molar-refractivity contribution in [2.45, 2.75) is 69.2 Å². The van der Waals surface area contributed by atoms with E-state index in [1.807, 2.05) is 13.8 Å². The number of likely N-dealkylation sites (tertiary alicyclic amines) is 1. The first-order valence-electron chi connectivity index (χ1n) is 14.4. The van der Waals surface area contributed by atoms with Gasteiger partial charge in [0.05, 0.1) is 44.0 Å². The number of allylic oxidation sites excluding steroid dienone is 1. The van der Waals surface area contributed by atoms with Gasteiger partial charge in [0.25, 0.3) is 0 Å². The van der Waals surface area contributed by atoms with E-state index in [9.17, 15) is 19.5 Å². The molecule has 2 amide bonds. The molecule has 218 valence electrons. The number of hydrogen-bond acceptors (Lipinski definition) is 8. The summed E-state index contributed by atoms with van der Waals surface area (Å²) < 4.78 is 17.7. The van der Waals surface area contributed by atoms with Gasteiger partial charge >= 0.3 is 5.97 Å². The Labute approximate surface area is 231 Å². The van der Waals surface area contributed by atoms with E-state index in [1.165, 1.54) is 4.90 Å². The summed E-state index contributed by atoms with van der Waals surface area (Å²) in [5, 5.41) is 10.2. The van der Waals surface area contributed by atoms with Crippen molar-refractivity contribution in [3.8, 4) is 0 Å². The first kappa shape index (κ1) is 29.7.